The highest BCUT2D eigenvalue weighted by atomic mass is 16.6. The molecule has 2 atom stereocenters. The third-order valence-corrected chi connectivity index (χ3v) is 4.52. The van der Waals surface area contributed by atoms with Crippen LogP contribution in [0.5, 0.6) is 0 Å². The predicted molar refractivity (Wildman–Crippen MR) is 99.1 cm³/mol. The van der Waals surface area contributed by atoms with Crippen LogP contribution in [0.3, 0.4) is 0 Å². The number of ether oxygens (including phenoxy) is 1. The van der Waals surface area contributed by atoms with Crippen molar-refractivity contribution in [1.29, 1.82) is 0 Å². The van der Waals surface area contributed by atoms with E-state index in [9.17, 15) is 10.1 Å². The molecule has 0 fully saturated rings. The summed E-state index contributed by atoms with van der Waals surface area (Å²) in [6.07, 6.45) is 11.9. The van der Waals surface area contributed by atoms with Crippen molar-refractivity contribution in [2.24, 2.45) is 5.92 Å². The van der Waals surface area contributed by atoms with E-state index >= 15 is 0 Å². The Morgan fingerprint density at radius 2 is 1.71 bits per heavy atom. The Kier molecular flexibility index (Phi) is 10.0. The first-order chi connectivity index (χ1) is 11.6. The SMILES string of the molecule is C=CC(CCCCCCCCC)C(OC)c1ccc([N+](=O)[O-])cc1. The highest BCUT2D eigenvalue weighted by molar-refractivity contribution is 5.34. The van der Waals surface area contributed by atoms with Crippen molar-refractivity contribution in [1.82, 2.24) is 0 Å². The van der Waals surface area contributed by atoms with Gasteiger partial charge in [-0.1, -0.05) is 57.9 Å². The van der Waals surface area contributed by atoms with Crippen LogP contribution in [0.25, 0.3) is 0 Å². The van der Waals surface area contributed by atoms with Crippen LogP contribution in [0.4, 0.5) is 5.69 Å². The Balaban J connectivity index is 2.51. The van der Waals surface area contributed by atoms with Crippen LogP contribution < -0.4 is 0 Å². The fourth-order valence-electron chi connectivity index (χ4n) is 3.07. The molecule has 0 radical (unpaired) electrons. The van der Waals surface area contributed by atoms with E-state index in [0.717, 1.165) is 18.4 Å². The van der Waals surface area contributed by atoms with Gasteiger partial charge >= 0.3 is 0 Å². The van der Waals surface area contributed by atoms with Crippen LogP contribution in [-0.4, -0.2) is 12.0 Å². The van der Waals surface area contributed by atoms with Gasteiger partial charge in [0, 0.05) is 25.2 Å². The van der Waals surface area contributed by atoms with Gasteiger partial charge in [-0.2, -0.15) is 0 Å². The van der Waals surface area contributed by atoms with Gasteiger partial charge in [-0.15, -0.1) is 6.58 Å². The fraction of sp³-hybridized carbons (Fsp3) is 0.600. The summed E-state index contributed by atoms with van der Waals surface area (Å²) in [5, 5.41) is 10.8. The van der Waals surface area contributed by atoms with Gasteiger partial charge < -0.3 is 4.74 Å². The zero-order chi connectivity index (χ0) is 17.8. The van der Waals surface area contributed by atoms with Crippen LogP contribution in [0.15, 0.2) is 36.9 Å². The van der Waals surface area contributed by atoms with E-state index in [2.05, 4.69) is 13.5 Å². The lowest BCUT2D eigenvalue weighted by atomic mass is 9.90. The first kappa shape index (κ1) is 20.4. The van der Waals surface area contributed by atoms with Gasteiger partial charge in [0.1, 0.15) is 0 Å². The van der Waals surface area contributed by atoms with Gasteiger partial charge in [0.2, 0.25) is 0 Å². The highest BCUT2D eigenvalue weighted by Crippen LogP contribution is 2.31. The van der Waals surface area contributed by atoms with Crippen molar-refractivity contribution in [2.75, 3.05) is 7.11 Å². The van der Waals surface area contributed by atoms with Crippen LogP contribution in [0, 0.1) is 16.0 Å². The van der Waals surface area contributed by atoms with E-state index < -0.39 is 0 Å². The molecule has 0 N–H and O–H groups in total. The molecule has 1 aromatic rings. The molecule has 1 aromatic carbocycles. The Bertz CT molecular complexity index is 484. The van der Waals surface area contributed by atoms with Crippen molar-refractivity contribution in [3.8, 4) is 0 Å². The van der Waals surface area contributed by atoms with E-state index in [1.54, 1.807) is 19.2 Å². The summed E-state index contributed by atoms with van der Waals surface area (Å²) in [6, 6.07) is 6.64. The molecule has 0 saturated heterocycles. The number of non-ortho nitro benzene ring substituents is 1. The quantitative estimate of drug-likeness (QED) is 0.186. The van der Waals surface area contributed by atoms with Crippen molar-refractivity contribution in [3.05, 3.63) is 52.6 Å². The number of unbranched alkanes of at least 4 members (excludes halogenated alkanes) is 6. The number of rotatable bonds is 13. The van der Waals surface area contributed by atoms with Crippen LogP contribution in [0.2, 0.25) is 0 Å². The molecule has 4 nitrogen and oxygen atoms in total. The van der Waals surface area contributed by atoms with E-state index in [1.807, 2.05) is 6.08 Å². The zero-order valence-corrected chi connectivity index (χ0v) is 15.1. The summed E-state index contributed by atoms with van der Waals surface area (Å²) in [5.74, 6) is 0.229. The maximum Gasteiger partial charge on any atom is 0.269 e. The molecule has 24 heavy (non-hydrogen) atoms. The number of methoxy groups -OCH3 is 1. The monoisotopic (exact) mass is 333 g/mol. The molecule has 0 aliphatic rings. The van der Waals surface area contributed by atoms with E-state index in [4.69, 9.17) is 4.74 Å². The topological polar surface area (TPSA) is 52.4 Å². The molecule has 0 aliphatic carbocycles. The summed E-state index contributed by atoms with van der Waals surface area (Å²) >= 11 is 0. The normalized spacial score (nSPS) is 13.4. The number of nitro groups is 1. The Hall–Kier alpha value is -1.68. The zero-order valence-electron chi connectivity index (χ0n) is 15.1. The minimum Gasteiger partial charge on any atom is -0.376 e. The summed E-state index contributed by atoms with van der Waals surface area (Å²) in [6.45, 7) is 6.19. The molecule has 134 valence electrons. The van der Waals surface area contributed by atoms with Gasteiger partial charge in [-0.05, 0) is 24.1 Å². The Morgan fingerprint density at radius 1 is 1.12 bits per heavy atom. The summed E-state index contributed by atoms with van der Waals surface area (Å²) < 4.78 is 5.66. The second-order valence-corrected chi connectivity index (χ2v) is 6.31. The molecule has 1 rings (SSSR count). The average Bonchev–Trinajstić information content (AvgIpc) is 2.60. The molecule has 0 saturated carbocycles. The number of hydrogen-bond acceptors (Lipinski definition) is 3. The maximum absolute atomic E-state index is 10.8. The Labute approximate surface area is 146 Å². The molecular weight excluding hydrogens is 302 g/mol. The smallest absolute Gasteiger partial charge is 0.269 e. The minimum atomic E-state index is -0.380. The number of benzene rings is 1. The maximum atomic E-state index is 10.8. The second-order valence-electron chi connectivity index (χ2n) is 6.31. The minimum absolute atomic E-state index is 0.0941. The molecule has 0 bridgehead atoms. The van der Waals surface area contributed by atoms with Crippen molar-refractivity contribution < 1.29 is 9.66 Å². The third-order valence-electron chi connectivity index (χ3n) is 4.52. The molecule has 0 spiro atoms. The van der Waals surface area contributed by atoms with E-state index in [1.165, 1.54) is 50.7 Å². The van der Waals surface area contributed by atoms with Crippen molar-refractivity contribution in [2.45, 2.75) is 64.4 Å². The van der Waals surface area contributed by atoms with Crippen molar-refractivity contribution in [3.63, 3.8) is 0 Å². The van der Waals surface area contributed by atoms with Crippen LogP contribution in [-0.2, 0) is 4.74 Å². The molecule has 0 heterocycles. The lowest BCUT2D eigenvalue weighted by Crippen LogP contribution is -2.13. The lowest BCUT2D eigenvalue weighted by molar-refractivity contribution is -0.384. The second kappa shape index (κ2) is 11.8. The first-order valence-corrected chi connectivity index (χ1v) is 9.03. The summed E-state index contributed by atoms with van der Waals surface area (Å²) in [4.78, 5) is 10.4. The third kappa shape index (κ3) is 6.83. The highest BCUT2D eigenvalue weighted by Gasteiger charge is 2.20. The van der Waals surface area contributed by atoms with Gasteiger partial charge in [0.25, 0.3) is 5.69 Å². The summed E-state index contributed by atoms with van der Waals surface area (Å²) in [7, 11) is 1.69. The van der Waals surface area contributed by atoms with Gasteiger partial charge in [-0.25, -0.2) is 0 Å². The molecular formula is C20H31NO3. The fourth-order valence-corrected chi connectivity index (χ4v) is 3.07. The van der Waals surface area contributed by atoms with Gasteiger partial charge in [-0.3, -0.25) is 10.1 Å². The molecule has 0 aliphatic heterocycles. The molecule has 0 aromatic heterocycles. The predicted octanol–water partition coefficient (Wildman–Crippen LogP) is 6.23. The first-order valence-electron chi connectivity index (χ1n) is 9.03. The van der Waals surface area contributed by atoms with Crippen molar-refractivity contribution >= 4 is 5.69 Å². The molecule has 4 heteroatoms. The van der Waals surface area contributed by atoms with Gasteiger partial charge in [0.05, 0.1) is 11.0 Å². The van der Waals surface area contributed by atoms with E-state index in [0.29, 0.717) is 0 Å². The molecule has 0 amide bonds. The number of hydrogen-bond donors (Lipinski definition) is 0. The lowest BCUT2D eigenvalue weighted by Gasteiger charge is -2.23. The average molecular weight is 333 g/mol. The van der Waals surface area contributed by atoms with E-state index in [-0.39, 0.29) is 22.6 Å². The number of nitro benzene ring substituents is 1. The largest absolute Gasteiger partial charge is 0.376 e. The number of nitrogens with zero attached hydrogens (tertiary/aromatic N) is 1. The standard InChI is InChI=1S/C20H31NO3/c1-4-6-7-8-9-10-11-12-17(5-2)20(24-3)18-13-15-19(16-14-18)21(22)23/h5,13-17,20H,2,4,6-12H2,1,3H3. The molecule has 2 unspecified atom stereocenters. The van der Waals surface area contributed by atoms with Crippen LogP contribution in [0.1, 0.15) is 70.0 Å². The van der Waals surface area contributed by atoms with Gasteiger partial charge in [0.15, 0.2) is 0 Å². The Morgan fingerprint density at radius 3 is 2.21 bits per heavy atom. The summed E-state index contributed by atoms with van der Waals surface area (Å²) in [5.41, 5.74) is 1.08. The van der Waals surface area contributed by atoms with Crippen LogP contribution >= 0.6 is 0 Å².